The molecule has 6 nitrogen and oxygen atoms in total. The van der Waals surface area contributed by atoms with Crippen LogP contribution in [0.1, 0.15) is 44.8 Å². The highest BCUT2D eigenvalue weighted by Gasteiger charge is 2.46. The minimum Gasteiger partial charge on any atom is -0.497 e. The maximum atomic E-state index is 17.5. The Morgan fingerprint density at radius 3 is 1.19 bits per heavy atom. The Hall–Kier alpha value is -6.35. The van der Waals surface area contributed by atoms with Gasteiger partial charge in [0.1, 0.15) is 28.9 Å². The van der Waals surface area contributed by atoms with Crippen molar-refractivity contribution in [2.45, 2.75) is 34.6 Å². The number of methoxy groups -OCH3 is 4. The minimum absolute atomic E-state index is 0.458. The van der Waals surface area contributed by atoms with Gasteiger partial charge in [0.15, 0.2) is 0 Å². The van der Waals surface area contributed by atoms with Crippen LogP contribution in [0.2, 0.25) is 0 Å². The predicted octanol–water partition coefficient (Wildman–Crippen LogP) is 11.6. The van der Waals surface area contributed by atoms with E-state index in [4.69, 9.17) is 18.9 Å². The number of aromatic nitrogens is 2. The Morgan fingerprint density at radius 2 is 0.825 bits per heavy atom. The van der Waals surface area contributed by atoms with Crippen molar-refractivity contribution >= 4 is 6.97 Å². The summed E-state index contributed by atoms with van der Waals surface area (Å²) in [5, 5.41) is 0. The fourth-order valence-corrected chi connectivity index (χ4v) is 8.49. The van der Waals surface area contributed by atoms with E-state index in [9.17, 15) is 0 Å². The van der Waals surface area contributed by atoms with Crippen LogP contribution in [0.15, 0.2) is 109 Å². The number of fused-ring (bicyclic) bond motifs is 2. The van der Waals surface area contributed by atoms with Crippen molar-refractivity contribution < 1.29 is 27.6 Å². The molecule has 0 atom stereocenters. The van der Waals surface area contributed by atoms with Crippen molar-refractivity contribution in [3.05, 3.63) is 160 Å². The molecule has 0 amide bonds. The summed E-state index contributed by atoms with van der Waals surface area (Å²) >= 11 is 0. The van der Waals surface area contributed by atoms with E-state index in [1.54, 1.807) is 40.8 Å². The predicted molar refractivity (Wildman–Crippen MR) is 226 cm³/mol. The summed E-state index contributed by atoms with van der Waals surface area (Å²) in [7, 11) is 6.46. The molecular weight excluding hydrogens is 717 g/mol. The van der Waals surface area contributed by atoms with Gasteiger partial charge >= 0.3 is 6.97 Å². The van der Waals surface area contributed by atoms with Gasteiger partial charge in [0.25, 0.3) is 0 Å². The van der Waals surface area contributed by atoms with Crippen LogP contribution in [-0.2, 0) is 0 Å². The lowest BCUT2D eigenvalue weighted by atomic mass is 9.79. The molecule has 0 bridgehead atoms. The molecular formula is C48H45BF2N2O4. The van der Waals surface area contributed by atoms with Crippen molar-refractivity contribution in [3.63, 3.8) is 0 Å². The third-order valence-electron chi connectivity index (χ3n) is 11.1. The first-order valence-corrected chi connectivity index (χ1v) is 18.9. The van der Waals surface area contributed by atoms with E-state index in [0.29, 0.717) is 45.5 Å². The summed E-state index contributed by atoms with van der Waals surface area (Å²) in [6, 6.07) is 31.7. The summed E-state index contributed by atoms with van der Waals surface area (Å²) in [6.45, 7) is 5.87. The Morgan fingerprint density at radius 1 is 0.439 bits per heavy atom. The van der Waals surface area contributed by atoms with E-state index in [1.807, 2.05) is 86.6 Å². The fraction of sp³-hybridized carbons (Fsp3) is 0.188. The minimum atomic E-state index is -4.34. The molecule has 1 aliphatic heterocycles. The number of hydrogen-bond donors (Lipinski definition) is 0. The molecule has 0 N–H and O–H groups in total. The normalized spacial score (nSPS) is 12.9. The summed E-state index contributed by atoms with van der Waals surface area (Å²) in [5.74, 6) is 3.31. The average molecular weight is 763 g/mol. The van der Waals surface area contributed by atoms with Gasteiger partial charge in [0.2, 0.25) is 0 Å². The summed E-state index contributed by atoms with van der Waals surface area (Å²) in [4.78, 5) is 0. The Labute approximate surface area is 333 Å². The topological polar surface area (TPSA) is 46.8 Å². The molecule has 1 aliphatic rings. The van der Waals surface area contributed by atoms with Crippen LogP contribution in [0, 0.1) is 40.5 Å². The van der Waals surface area contributed by atoms with Crippen LogP contribution in [0.5, 0.6) is 23.0 Å². The molecule has 0 spiro atoms. The van der Waals surface area contributed by atoms with Gasteiger partial charge in [-0.1, -0.05) is 47.5 Å². The van der Waals surface area contributed by atoms with Crippen molar-refractivity contribution in [3.8, 4) is 67.5 Å². The molecule has 2 aromatic heterocycles. The summed E-state index contributed by atoms with van der Waals surface area (Å²) < 4.78 is 59.8. The van der Waals surface area contributed by atoms with Gasteiger partial charge in [0.05, 0.1) is 45.4 Å². The van der Waals surface area contributed by atoms with Gasteiger partial charge in [-0.3, -0.25) is 0 Å². The van der Waals surface area contributed by atoms with Crippen molar-refractivity contribution in [1.29, 1.82) is 0 Å². The Bertz CT molecular complexity index is 2470. The standard InChI is InChI=1S/C48H45BF2N2O4/c1-28-10-12-41(33-18-37(54-6)24-38(19-33)55-7)43(16-28)35-22-45-48(47-31(4)14-30(3)15-32(47)5)46-23-36(27-53(46)49(50,51)52(45)26-35)44-17-29(2)11-13-42(44)34-20-39(56-8)25-40(21-34)57-9/h10-27H,1-9H3. The second kappa shape index (κ2) is 14.3. The molecule has 8 rings (SSSR count). The van der Waals surface area contributed by atoms with Gasteiger partial charge in [-0.05, 0) is 122 Å². The third-order valence-corrected chi connectivity index (χ3v) is 11.1. The van der Waals surface area contributed by atoms with Crippen molar-refractivity contribution in [1.82, 2.24) is 8.96 Å². The molecule has 0 radical (unpaired) electrons. The lowest BCUT2D eigenvalue weighted by Crippen LogP contribution is -2.48. The molecule has 9 heteroatoms. The number of ether oxygens (including phenoxy) is 4. The molecule has 3 heterocycles. The number of halogens is 2. The highest BCUT2D eigenvalue weighted by molar-refractivity contribution is 6.63. The number of benzene rings is 5. The number of rotatable bonds is 9. The molecule has 5 aromatic carbocycles. The fourth-order valence-electron chi connectivity index (χ4n) is 8.49. The zero-order chi connectivity index (χ0) is 40.3. The van der Waals surface area contributed by atoms with Gasteiger partial charge < -0.3 is 36.5 Å². The quantitative estimate of drug-likeness (QED) is 0.109. The van der Waals surface area contributed by atoms with Crippen LogP contribution in [0.4, 0.5) is 8.63 Å². The highest BCUT2D eigenvalue weighted by Crippen LogP contribution is 2.48. The van der Waals surface area contributed by atoms with Crippen LogP contribution >= 0.6 is 0 Å². The maximum Gasteiger partial charge on any atom is 0.534 e. The Balaban J connectivity index is 1.36. The van der Waals surface area contributed by atoms with Crippen LogP contribution in [0.3, 0.4) is 0 Å². The lowest BCUT2D eigenvalue weighted by Gasteiger charge is -2.38. The Kier molecular flexibility index (Phi) is 9.43. The largest absolute Gasteiger partial charge is 0.534 e. The second-order valence-corrected chi connectivity index (χ2v) is 15.1. The van der Waals surface area contributed by atoms with E-state index < -0.39 is 6.97 Å². The first-order valence-electron chi connectivity index (χ1n) is 18.9. The molecule has 288 valence electrons. The van der Waals surface area contributed by atoms with Crippen LogP contribution in [-0.4, -0.2) is 44.4 Å². The maximum absolute atomic E-state index is 17.5. The summed E-state index contributed by atoms with van der Waals surface area (Å²) in [6.07, 6.45) is 3.24. The van der Waals surface area contributed by atoms with Gasteiger partial charge in [-0.25, -0.2) is 0 Å². The van der Waals surface area contributed by atoms with Gasteiger partial charge in [-0.15, -0.1) is 0 Å². The molecule has 0 aliphatic carbocycles. The smallest absolute Gasteiger partial charge is 0.497 e. The number of hydrogen-bond acceptors (Lipinski definition) is 4. The number of nitrogens with zero attached hydrogens (tertiary/aromatic N) is 2. The first-order chi connectivity index (χ1) is 27.3. The second-order valence-electron chi connectivity index (χ2n) is 15.1. The molecule has 0 fully saturated rings. The zero-order valence-electron chi connectivity index (χ0n) is 33.8. The van der Waals surface area contributed by atoms with Gasteiger partial charge in [0, 0.05) is 46.5 Å². The highest BCUT2D eigenvalue weighted by atomic mass is 19.2. The molecule has 0 saturated heterocycles. The number of aryl methyl sites for hydroxylation is 5. The van der Waals surface area contributed by atoms with E-state index >= 15 is 8.63 Å². The van der Waals surface area contributed by atoms with E-state index in [1.165, 1.54) is 8.96 Å². The molecule has 0 saturated carbocycles. The zero-order valence-corrected chi connectivity index (χ0v) is 33.8. The summed E-state index contributed by atoms with van der Waals surface area (Å²) in [5.41, 5.74) is 13.5. The third kappa shape index (κ3) is 6.51. The monoisotopic (exact) mass is 762 g/mol. The molecule has 7 aromatic rings. The van der Waals surface area contributed by atoms with Crippen molar-refractivity contribution in [2.75, 3.05) is 28.4 Å². The van der Waals surface area contributed by atoms with E-state index in [0.717, 1.165) is 72.7 Å². The molecule has 57 heavy (non-hydrogen) atoms. The van der Waals surface area contributed by atoms with Crippen molar-refractivity contribution in [2.24, 2.45) is 0 Å². The lowest BCUT2D eigenvalue weighted by molar-refractivity contribution is 0.394. The SMILES string of the molecule is COc1cc(OC)cc(-c2ccc(C)cc2-c2cc3n(c2)[B-](F)(F)n2cc(-c4cc(C)ccc4-c4cc(OC)cc(OC)c4)cc2[C+]3c2c(C)cc(C)cc2C)c1. The average Bonchev–Trinajstić information content (AvgIpc) is 3.86. The van der Waals surface area contributed by atoms with E-state index in [2.05, 4.69) is 45.0 Å². The first kappa shape index (κ1) is 37.6. The van der Waals surface area contributed by atoms with E-state index in [-0.39, 0.29) is 0 Å². The molecule has 0 unspecified atom stereocenters. The van der Waals surface area contributed by atoms with Gasteiger partial charge in [-0.2, -0.15) is 0 Å². The van der Waals surface area contributed by atoms with Crippen LogP contribution < -0.4 is 18.9 Å². The van der Waals surface area contributed by atoms with Crippen LogP contribution in [0.25, 0.3) is 44.5 Å².